The van der Waals surface area contributed by atoms with Crippen molar-refractivity contribution in [2.75, 3.05) is 12.4 Å². The maximum atomic E-state index is 11.1. The van der Waals surface area contributed by atoms with Crippen molar-refractivity contribution in [1.29, 1.82) is 0 Å². The fraction of sp³-hybridized carbons (Fsp3) is 0.417. The lowest BCUT2D eigenvalue weighted by atomic mass is 10.2. The summed E-state index contributed by atoms with van der Waals surface area (Å²) in [5.41, 5.74) is 1.98. The van der Waals surface area contributed by atoms with Gasteiger partial charge in [-0.15, -0.1) is 11.3 Å². The molecule has 6 nitrogen and oxygen atoms in total. The number of carbonyl (C=O) groups is 1. The zero-order valence-electron chi connectivity index (χ0n) is 10.8. The first kappa shape index (κ1) is 13.5. The molecule has 19 heavy (non-hydrogen) atoms. The van der Waals surface area contributed by atoms with Gasteiger partial charge in [-0.1, -0.05) is 0 Å². The zero-order valence-corrected chi connectivity index (χ0v) is 11.7. The molecule has 0 fully saturated rings. The number of esters is 1. The molecule has 0 saturated carbocycles. The van der Waals surface area contributed by atoms with Crippen molar-refractivity contribution >= 4 is 22.4 Å². The van der Waals surface area contributed by atoms with Crippen molar-refractivity contribution in [3.63, 3.8) is 0 Å². The minimum atomic E-state index is -0.214. The summed E-state index contributed by atoms with van der Waals surface area (Å²) in [5.74, 6) is -0.214. The van der Waals surface area contributed by atoms with Gasteiger partial charge >= 0.3 is 5.97 Å². The van der Waals surface area contributed by atoms with Crippen LogP contribution < -0.4 is 5.32 Å². The van der Waals surface area contributed by atoms with Gasteiger partial charge in [-0.2, -0.15) is 5.10 Å². The van der Waals surface area contributed by atoms with Crippen molar-refractivity contribution in [2.24, 2.45) is 0 Å². The molecule has 2 aromatic rings. The summed E-state index contributed by atoms with van der Waals surface area (Å²) >= 11 is 1.53. The molecule has 0 aliphatic heterocycles. The lowest BCUT2D eigenvalue weighted by Crippen LogP contribution is -2.06. The number of anilines is 1. The Labute approximate surface area is 115 Å². The van der Waals surface area contributed by atoms with Gasteiger partial charge in [-0.25, -0.2) is 4.98 Å². The van der Waals surface area contributed by atoms with E-state index in [-0.39, 0.29) is 12.0 Å². The molecule has 2 heterocycles. The van der Waals surface area contributed by atoms with Crippen LogP contribution in [0.5, 0.6) is 0 Å². The Kier molecular flexibility index (Phi) is 4.51. The van der Waals surface area contributed by atoms with E-state index in [9.17, 15) is 4.79 Å². The van der Waals surface area contributed by atoms with Gasteiger partial charge in [0.25, 0.3) is 0 Å². The van der Waals surface area contributed by atoms with Gasteiger partial charge in [-0.05, 0) is 6.92 Å². The number of methoxy groups -OCH3 is 1. The molecule has 0 aromatic carbocycles. The molecule has 1 atom stereocenters. The highest BCUT2D eigenvalue weighted by Gasteiger charge is 2.10. The molecule has 2 aromatic heterocycles. The standard InChI is InChI=1S/C12H16N4O2S/c1-8(9-5-13-14-6-9)15-12-16-10(7-19-12)3-4-11(17)18-2/h5-8H,3-4H2,1-2H3,(H,13,14)(H,15,16). The highest BCUT2D eigenvalue weighted by atomic mass is 32.1. The molecular weight excluding hydrogens is 264 g/mol. The Morgan fingerprint density at radius 3 is 3.16 bits per heavy atom. The normalized spacial score (nSPS) is 12.1. The summed E-state index contributed by atoms with van der Waals surface area (Å²) in [6.07, 6.45) is 4.59. The van der Waals surface area contributed by atoms with Crippen molar-refractivity contribution < 1.29 is 9.53 Å². The molecule has 0 radical (unpaired) electrons. The number of aromatic nitrogens is 3. The van der Waals surface area contributed by atoms with Gasteiger partial charge in [0.2, 0.25) is 0 Å². The van der Waals surface area contributed by atoms with Crippen molar-refractivity contribution in [1.82, 2.24) is 15.2 Å². The monoisotopic (exact) mass is 280 g/mol. The lowest BCUT2D eigenvalue weighted by Gasteiger charge is -2.09. The summed E-state index contributed by atoms with van der Waals surface area (Å²) in [4.78, 5) is 15.5. The Hall–Kier alpha value is -1.89. The molecule has 0 spiro atoms. The number of rotatable bonds is 6. The van der Waals surface area contributed by atoms with E-state index in [0.717, 1.165) is 16.4 Å². The second kappa shape index (κ2) is 6.33. The fourth-order valence-electron chi connectivity index (χ4n) is 1.59. The number of aryl methyl sites for hydroxylation is 1. The van der Waals surface area contributed by atoms with Crippen molar-refractivity contribution in [2.45, 2.75) is 25.8 Å². The summed E-state index contributed by atoms with van der Waals surface area (Å²) in [6, 6.07) is 0.137. The van der Waals surface area contributed by atoms with Crippen LogP contribution in [0.15, 0.2) is 17.8 Å². The molecule has 1 unspecified atom stereocenters. The first-order valence-electron chi connectivity index (χ1n) is 5.95. The number of aromatic amines is 1. The summed E-state index contributed by atoms with van der Waals surface area (Å²) in [6.45, 7) is 2.04. The summed E-state index contributed by atoms with van der Waals surface area (Å²) < 4.78 is 4.60. The average molecular weight is 280 g/mol. The predicted molar refractivity (Wildman–Crippen MR) is 73.1 cm³/mol. The van der Waals surface area contributed by atoms with Crippen LogP contribution in [0.2, 0.25) is 0 Å². The van der Waals surface area contributed by atoms with Crippen LogP contribution in [0.3, 0.4) is 0 Å². The minimum Gasteiger partial charge on any atom is -0.469 e. The van der Waals surface area contributed by atoms with Gasteiger partial charge in [0.1, 0.15) is 0 Å². The summed E-state index contributed by atoms with van der Waals surface area (Å²) in [7, 11) is 1.39. The quantitative estimate of drug-likeness (QED) is 0.792. The predicted octanol–water partition coefficient (Wildman–Crippen LogP) is 2.14. The van der Waals surface area contributed by atoms with Gasteiger partial charge in [-0.3, -0.25) is 9.89 Å². The molecule has 0 aliphatic rings. The maximum Gasteiger partial charge on any atom is 0.305 e. The molecule has 7 heteroatoms. The lowest BCUT2D eigenvalue weighted by molar-refractivity contribution is -0.140. The van der Waals surface area contributed by atoms with Gasteiger partial charge in [0.15, 0.2) is 5.13 Å². The van der Waals surface area contributed by atoms with Crippen LogP contribution in [0.25, 0.3) is 0 Å². The van der Waals surface area contributed by atoms with Crippen LogP contribution in [0.4, 0.5) is 5.13 Å². The third-order valence-corrected chi connectivity index (χ3v) is 3.55. The van der Waals surface area contributed by atoms with Crippen molar-refractivity contribution in [3.8, 4) is 0 Å². The van der Waals surface area contributed by atoms with Crippen LogP contribution >= 0.6 is 11.3 Å². The van der Waals surface area contributed by atoms with E-state index in [1.807, 2.05) is 18.5 Å². The maximum absolute atomic E-state index is 11.1. The fourth-order valence-corrected chi connectivity index (χ4v) is 2.42. The highest BCUT2D eigenvalue weighted by Crippen LogP contribution is 2.22. The smallest absolute Gasteiger partial charge is 0.305 e. The Bertz CT molecular complexity index is 524. The van der Waals surface area contributed by atoms with Crippen LogP contribution in [-0.2, 0) is 16.0 Å². The molecular formula is C12H16N4O2S. The number of hydrogen-bond donors (Lipinski definition) is 2. The molecule has 0 amide bonds. The number of carbonyl (C=O) groups excluding carboxylic acids is 1. The minimum absolute atomic E-state index is 0.137. The Balaban J connectivity index is 1.88. The first-order valence-corrected chi connectivity index (χ1v) is 6.83. The number of thiazole rings is 1. The van der Waals surface area contributed by atoms with E-state index in [0.29, 0.717) is 12.8 Å². The van der Waals surface area contributed by atoms with Crippen LogP contribution in [0, 0.1) is 0 Å². The number of hydrogen-bond acceptors (Lipinski definition) is 6. The van der Waals surface area contributed by atoms with Crippen LogP contribution in [-0.4, -0.2) is 28.3 Å². The van der Waals surface area contributed by atoms with Gasteiger partial charge < -0.3 is 10.1 Å². The molecule has 2 rings (SSSR count). The number of ether oxygens (including phenoxy) is 1. The topological polar surface area (TPSA) is 79.9 Å². The van der Waals surface area contributed by atoms with Crippen molar-refractivity contribution in [3.05, 3.63) is 29.0 Å². The van der Waals surface area contributed by atoms with E-state index in [1.165, 1.54) is 18.4 Å². The molecule has 102 valence electrons. The molecule has 2 N–H and O–H groups in total. The SMILES string of the molecule is COC(=O)CCc1csc(NC(C)c2cn[nH]c2)n1. The Morgan fingerprint density at radius 1 is 1.63 bits per heavy atom. The molecule has 0 bridgehead atoms. The zero-order chi connectivity index (χ0) is 13.7. The molecule has 0 saturated heterocycles. The Morgan fingerprint density at radius 2 is 2.47 bits per heavy atom. The third kappa shape index (κ3) is 3.78. The third-order valence-electron chi connectivity index (χ3n) is 2.72. The van der Waals surface area contributed by atoms with E-state index in [1.54, 1.807) is 6.20 Å². The first-order chi connectivity index (χ1) is 9.19. The number of H-pyrrole nitrogens is 1. The van der Waals surface area contributed by atoms with Gasteiger partial charge in [0, 0.05) is 23.6 Å². The second-order valence-electron chi connectivity index (χ2n) is 4.12. The summed E-state index contributed by atoms with van der Waals surface area (Å²) in [5, 5.41) is 12.8. The molecule has 0 aliphatic carbocycles. The highest BCUT2D eigenvalue weighted by molar-refractivity contribution is 7.13. The number of nitrogens with zero attached hydrogens (tertiary/aromatic N) is 2. The van der Waals surface area contributed by atoms with E-state index < -0.39 is 0 Å². The number of nitrogens with one attached hydrogen (secondary N) is 2. The largest absolute Gasteiger partial charge is 0.469 e. The van der Waals surface area contributed by atoms with E-state index in [4.69, 9.17) is 0 Å². The average Bonchev–Trinajstić information content (AvgIpc) is 3.07. The second-order valence-corrected chi connectivity index (χ2v) is 4.98. The van der Waals surface area contributed by atoms with Crippen LogP contribution in [0.1, 0.15) is 30.6 Å². The van der Waals surface area contributed by atoms with Gasteiger partial charge in [0.05, 0.1) is 31.5 Å². The van der Waals surface area contributed by atoms with E-state index >= 15 is 0 Å². The van der Waals surface area contributed by atoms with E-state index in [2.05, 4.69) is 25.2 Å².